The molecule has 0 bridgehead atoms. The summed E-state index contributed by atoms with van der Waals surface area (Å²) in [6, 6.07) is 4.54. The summed E-state index contributed by atoms with van der Waals surface area (Å²) in [4.78, 5) is 18.7. The van der Waals surface area contributed by atoms with Crippen LogP contribution in [-0.2, 0) is 42.1 Å². The predicted octanol–water partition coefficient (Wildman–Crippen LogP) is 1.85. The van der Waals surface area contributed by atoms with Gasteiger partial charge in [0.2, 0.25) is 0 Å². The number of aliphatic hydroxyl groups is 1. The van der Waals surface area contributed by atoms with E-state index in [0.29, 0.717) is 29.8 Å². The number of ether oxygens (including phenoxy) is 2. The normalized spacial score (nSPS) is 21.8. The number of benzene rings is 1. The quantitative estimate of drug-likeness (QED) is 0.477. The molecule has 3 heterocycles. The second-order valence-electron chi connectivity index (χ2n) is 10.0. The van der Waals surface area contributed by atoms with Crippen LogP contribution in [0.25, 0.3) is 11.1 Å². The number of hydrogen-bond donors (Lipinski definition) is 1. The molecule has 14 heteroatoms. The SMILES string of the molecule is CCOC(=O)c1cc(-c2ccc(F)cc2F)c2c(n1)CN(CC1(O)CCOC(S(C)(=O)=O)(S(C)(=O)=O)C1)CC2. The summed E-state index contributed by atoms with van der Waals surface area (Å²) in [5, 5.41) is 11.4. The van der Waals surface area contributed by atoms with Gasteiger partial charge in [-0.25, -0.2) is 35.4 Å². The molecule has 1 aromatic heterocycles. The lowest BCUT2D eigenvalue weighted by Gasteiger charge is -2.45. The number of carbonyl (C=O) groups is 1. The Hall–Kier alpha value is -2.52. The maximum Gasteiger partial charge on any atom is 0.356 e. The summed E-state index contributed by atoms with van der Waals surface area (Å²) in [6.45, 7) is 1.74. The van der Waals surface area contributed by atoms with E-state index in [1.165, 1.54) is 12.1 Å². The molecule has 1 N–H and O–H groups in total. The zero-order chi connectivity index (χ0) is 28.8. The highest BCUT2D eigenvalue weighted by atomic mass is 32.3. The average molecular weight is 589 g/mol. The number of sulfone groups is 2. The fraction of sp³-hybridized carbons (Fsp3) is 0.520. The standard InChI is InChI=1S/C25H30F2N2O8S2/c1-4-36-23(30)21-12-19(17-6-5-16(26)11-20(17)27)18-7-9-29(13-22(18)28-21)15-24(31)8-10-37-25(14-24,38(2,32)33)39(3,34)35/h5-6,11-12,31H,4,7-10,13-15H2,1-3H3. The zero-order valence-electron chi connectivity index (χ0n) is 21.7. The number of nitrogens with zero attached hydrogens (tertiary/aromatic N) is 2. The van der Waals surface area contributed by atoms with Crippen LogP contribution < -0.4 is 0 Å². The third kappa shape index (κ3) is 5.71. The third-order valence-corrected chi connectivity index (χ3v) is 11.7. The van der Waals surface area contributed by atoms with Gasteiger partial charge in [0.05, 0.1) is 24.5 Å². The molecule has 4 rings (SSSR count). The van der Waals surface area contributed by atoms with Crippen molar-refractivity contribution in [1.29, 1.82) is 0 Å². The first-order valence-electron chi connectivity index (χ1n) is 12.2. The molecule has 39 heavy (non-hydrogen) atoms. The van der Waals surface area contributed by atoms with Crippen molar-refractivity contribution in [2.45, 2.75) is 42.6 Å². The maximum atomic E-state index is 14.8. The molecule has 10 nitrogen and oxygen atoms in total. The van der Waals surface area contributed by atoms with E-state index < -0.39 is 53.6 Å². The van der Waals surface area contributed by atoms with E-state index in [9.17, 15) is 35.5 Å². The molecule has 1 fully saturated rings. The lowest BCUT2D eigenvalue weighted by molar-refractivity contribution is -0.106. The summed E-state index contributed by atoms with van der Waals surface area (Å²) in [7, 11) is -8.57. The molecule has 0 aliphatic carbocycles. The number of hydrogen-bond acceptors (Lipinski definition) is 10. The molecule has 1 saturated heterocycles. The van der Waals surface area contributed by atoms with E-state index in [1.54, 1.807) is 11.8 Å². The minimum atomic E-state index is -4.28. The highest BCUT2D eigenvalue weighted by Crippen LogP contribution is 2.41. The lowest BCUT2D eigenvalue weighted by atomic mass is 9.90. The fourth-order valence-corrected chi connectivity index (χ4v) is 9.09. The monoisotopic (exact) mass is 588 g/mol. The van der Waals surface area contributed by atoms with Crippen LogP contribution >= 0.6 is 0 Å². The highest BCUT2D eigenvalue weighted by Gasteiger charge is 2.59. The largest absolute Gasteiger partial charge is 0.461 e. The van der Waals surface area contributed by atoms with Crippen LogP contribution in [0.2, 0.25) is 0 Å². The van der Waals surface area contributed by atoms with Gasteiger partial charge in [-0.2, -0.15) is 0 Å². The van der Waals surface area contributed by atoms with Crippen molar-refractivity contribution in [2.75, 3.05) is 38.8 Å². The molecule has 1 atom stereocenters. The minimum absolute atomic E-state index is 0.00845. The number of pyridine rings is 1. The van der Waals surface area contributed by atoms with Crippen molar-refractivity contribution in [3.05, 3.63) is 52.9 Å². The number of β-amino-alcohol motifs (C(OH)–C–C–N with tert-alkyl or cyclic N) is 1. The molecular formula is C25H30F2N2O8S2. The number of carbonyl (C=O) groups excluding carboxylic acids is 1. The molecular weight excluding hydrogens is 558 g/mol. The van der Waals surface area contributed by atoms with Gasteiger partial charge in [0.25, 0.3) is 4.27 Å². The van der Waals surface area contributed by atoms with E-state index in [4.69, 9.17) is 9.47 Å². The lowest BCUT2D eigenvalue weighted by Crippen LogP contribution is -2.60. The Kier molecular flexibility index (Phi) is 7.91. The Bertz CT molecular complexity index is 1480. The molecule has 0 radical (unpaired) electrons. The Morgan fingerprint density at radius 3 is 2.46 bits per heavy atom. The van der Waals surface area contributed by atoms with Crippen LogP contribution in [-0.4, -0.2) is 86.5 Å². The summed E-state index contributed by atoms with van der Waals surface area (Å²) >= 11 is 0. The van der Waals surface area contributed by atoms with Crippen molar-refractivity contribution in [3.63, 3.8) is 0 Å². The van der Waals surface area contributed by atoms with Crippen molar-refractivity contribution in [2.24, 2.45) is 0 Å². The second-order valence-corrected chi connectivity index (χ2v) is 14.7. The van der Waals surface area contributed by atoms with E-state index in [0.717, 1.165) is 24.6 Å². The van der Waals surface area contributed by atoms with Crippen molar-refractivity contribution in [1.82, 2.24) is 9.88 Å². The second kappa shape index (κ2) is 10.5. The van der Waals surface area contributed by atoms with Crippen molar-refractivity contribution < 1.29 is 45.0 Å². The van der Waals surface area contributed by atoms with Gasteiger partial charge in [-0.1, -0.05) is 0 Å². The first-order valence-corrected chi connectivity index (χ1v) is 16.0. The highest BCUT2D eigenvalue weighted by molar-refractivity contribution is 8.09. The number of rotatable bonds is 7. The van der Waals surface area contributed by atoms with E-state index in [1.807, 2.05) is 0 Å². The Labute approximate surface area is 225 Å². The van der Waals surface area contributed by atoms with Gasteiger partial charge in [-0.3, -0.25) is 4.90 Å². The Balaban J connectivity index is 1.69. The van der Waals surface area contributed by atoms with Crippen LogP contribution in [0.1, 0.15) is 41.5 Å². The molecule has 0 amide bonds. The van der Waals surface area contributed by atoms with E-state index in [-0.39, 0.29) is 44.0 Å². The molecule has 1 unspecified atom stereocenters. The molecule has 1 aromatic carbocycles. The predicted molar refractivity (Wildman–Crippen MR) is 137 cm³/mol. The maximum absolute atomic E-state index is 14.8. The van der Waals surface area contributed by atoms with Gasteiger partial charge in [-0.15, -0.1) is 0 Å². The molecule has 2 aliphatic heterocycles. The summed E-state index contributed by atoms with van der Waals surface area (Å²) in [5.41, 5.74) is -0.327. The summed E-state index contributed by atoms with van der Waals surface area (Å²) < 4.78 is 86.3. The van der Waals surface area contributed by atoms with Gasteiger partial charge in [0, 0.05) is 56.6 Å². The molecule has 0 saturated carbocycles. The molecule has 214 valence electrons. The van der Waals surface area contributed by atoms with Gasteiger partial charge in [0.15, 0.2) is 19.7 Å². The van der Waals surface area contributed by atoms with Crippen LogP contribution in [0.4, 0.5) is 8.78 Å². The first-order chi connectivity index (χ1) is 18.1. The zero-order valence-corrected chi connectivity index (χ0v) is 23.4. The van der Waals surface area contributed by atoms with Crippen LogP contribution in [0.3, 0.4) is 0 Å². The van der Waals surface area contributed by atoms with E-state index in [2.05, 4.69) is 4.98 Å². The van der Waals surface area contributed by atoms with Crippen LogP contribution in [0, 0.1) is 11.6 Å². The topological polar surface area (TPSA) is 140 Å². The Morgan fingerprint density at radius 2 is 1.85 bits per heavy atom. The Morgan fingerprint density at radius 1 is 1.15 bits per heavy atom. The van der Waals surface area contributed by atoms with Crippen LogP contribution in [0.15, 0.2) is 24.3 Å². The number of aromatic nitrogens is 1. The van der Waals surface area contributed by atoms with Gasteiger partial charge in [-0.05, 0) is 42.7 Å². The summed E-state index contributed by atoms with van der Waals surface area (Å²) in [5.74, 6) is -2.29. The number of halogens is 2. The van der Waals surface area contributed by atoms with Gasteiger partial charge < -0.3 is 14.6 Å². The summed E-state index contributed by atoms with van der Waals surface area (Å²) in [6.07, 6.45) is 1.14. The minimum Gasteiger partial charge on any atom is -0.461 e. The van der Waals surface area contributed by atoms with Gasteiger partial charge >= 0.3 is 5.97 Å². The number of esters is 1. The first kappa shape index (κ1) is 29.5. The van der Waals surface area contributed by atoms with Crippen LogP contribution in [0.5, 0.6) is 0 Å². The van der Waals surface area contributed by atoms with E-state index >= 15 is 0 Å². The third-order valence-electron chi connectivity index (χ3n) is 7.05. The van der Waals surface area contributed by atoms with Crippen molar-refractivity contribution in [3.8, 4) is 11.1 Å². The van der Waals surface area contributed by atoms with Gasteiger partial charge in [0.1, 0.15) is 17.3 Å². The number of fused-ring (bicyclic) bond motifs is 1. The average Bonchev–Trinajstić information content (AvgIpc) is 2.82. The fourth-order valence-electron chi connectivity index (χ4n) is 5.23. The smallest absolute Gasteiger partial charge is 0.356 e. The van der Waals surface area contributed by atoms with Crippen molar-refractivity contribution >= 4 is 25.6 Å². The molecule has 2 aromatic rings. The molecule has 0 spiro atoms. The molecule has 2 aliphatic rings.